The van der Waals surface area contributed by atoms with E-state index in [-0.39, 0.29) is 0 Å². The number of rotatable bonds is 24. The summed E-state index contributed by atoms with van der Waals surface area (Å²) in [6.45, 7) is 7.69. The molecular formula is C27H57NO. The van der Waals surface area contributed by atoms with Crippen molar-refractivity contribution in [2.45, 2.75) is 168 Å². The molecule has 0 spiro atoms. The van der Waals surface area contributed by atoms with Crippen LogP contribution in [-0.4, -0.2) is 12.6 Å². The Morgan fingerprint density at radius 1 is 0.448 bits per heavy atom. The number of hydrogen-bond acceptors (Lipinski definition) is 1. The molecule has 0 bridgehead atoms. The van der Waals surface area contributed by atoms with Crippen LogP contribution in [0.2, 0.25) is 0 Å². The molecule has 1 atom stereocenters. The van der Waals surface area contributed by atoms with Crippen LogP contribution >= 0.6 is 0 Å². The minimum atomic E-state index is 0.372. The molecule has 2 nitrogen and oxygen atoms in total. The maximum absolute atomic E-state index is 12.8. The van der Waals surface area contributed by atoms with Crippen LogP contribution in [0.1, 0.15) is 162 Å². The van der Waals surface area contributed by atoms with E-state index in [1.165, 1.54) is 122 Å². The Kier molecular flexibility index (Phi) is 24.1. The van der Waals surface area contributed by atoms with E-state index in [2.05, 4.69) is 20.8 Å². The summed E-state index contributed by atoms with van der Waals surface area (Å²) < 4.78 is 0. The van der Waals surface area contributed by atoms with Gasteiger partial charge in [0.2, 0.25) is 0 Å². The average Bonchev–Trinajstić information content (AvgIpc) is 2.73. The van der Waals surface area contributed by atoms with Crippen molar-refractivity contribution >= 4 is 0 Å². The highest BCUT2D eigenvalue weighted by Crippen LogP contribution is 2.13. The fraction of sp³-hybridized carbons (Fsp3) is 1.00. The fourth-order valence-corrected chi connectivity index (χ4v) is 4.45. The molecule has 1 unspecified atom stereocenters. The van der Waals surface area contributed by atoms with Gasteiger partial charge in [-0.15, -0.1) is 0 Å². The van der Waals surface area contributed by atoms with Gasteiger partial charge >= 0.3 is 0 Å². The molecule has 0 aromatic carbocycles. The lowest BCUT2D eigenvalue weighted by Crippen LogP contribution is -3.11. The maximum atomic E-state index is 12.8. The number of hydrogen-bond donors (Lipinski definition) is 1. The number of quaternary nitrogens is 1. The number of hydroxylamine groups is 2. The lowest BCUT2D eigenvalue weighted by molar-refractivity contribution is -0.876. The minimum absolute atomic E-state index is 0.372. The van der Waals surface area contributed by atoms with E-state index in [1.807, 2.05) is 0 Å². The molecule has 176 valence electrons. The zero-order valence-corrected chi connectivity index (χ0v) is 20.7. The van der Waals surface area contributed by atoms with Crippen molar-refractivity contribution in [1.29, 1.82) is 0 Å². The van der Waals surface area contributed by atoms with Crippen LogP contribution < -0.4 is 5.06 Å². The van der Waals surface area contributed by atoms with E-state index < -0.39 is 0 Å². The molecule has 29 heavy (non-hydrogen) atoms. The molecule has 0 aliphatic rings. The SMILES string of the molecule is CCCCCCCCCC[NH+]([O-])C(CCCCCCCC)CCCCCCCC. The molecule has 0 saturated heterocycles. The van der Waals surface area contributed by atoms with Gasteiger partial charge in [0.05, 0.1) is 12.6 Å². The first kappa shape index (κ1) is 28.9. The maximum Gasteiger partial charge on any atom is 0.0871 e. The lowest BCUT2D eigenvalue weighted by atomic mass is 9.99. The van der Waals surface area contributed by atoms with Gasteiger partial charge in [0.15, 0.2) is 0 Å². The van der Waals surface area contributed by atoms with Crippen molar-refractivity contribution in [3.63, 3.8) is 0 Å². The van der Waals surface area contributed by atoms with E-state index in [0.29, 0.717) is 11.1 Å². The van der Waals surface area contributed by atoms with Crippen molar-refractivity contribution in [3.05, 3.63) is 5.21 Å². The Bertz CT molecular complexity index is 278. The topological polar surface area (TPSA) is 27.5 Å². The third-order valence-electron chi connectivity index (χ3n) is 6.54. The van der Waals surface area contributed by atoms with Crippen LogP contribution in [0.5, 0.6) is 0 Å². The van der Waals surface area contributed by atoms with Gasteiger partial charge in [0.1, 0.15) is 0 Å². The van der Waals surface area contributed by atoms with Gasteiger partial charge in [-0.2, -0.15) is 0 Å². The zero-order valence-electron chi connectivity index (χ0n) is 20.7. The molecule has 1 N–H and O–H groups in total. The first-order valence-corrected chi connectivity index (χ1v) is 13.8. The zero-order chi connectivity index (χ0) is 21.4. The van der Waals surface area contributed by atoms with Crippen molar-refractivity contribution in [1.82, 2.24) is 0 Å². The van der Waals surface area contributed by atoms with Gasteiger partial charge in [-0.25, -0.2) is 0 Å². The van der Waals surface area contributed by atoms with Crippen LogP contribution in [0, 0.1) is 5.21 Å². The molecule has 0 rings (SSSR count). The monoisotopic (exact) mass is 411 g/mol. The second kappa shape index (κ2) is 24.2. The normalized spacial score (nSPS) is 12.7. The van der Waals surface area contributed by atoms with E-state index in [4.69, 9.17) is 0 Å². The minimum Gasteiger partial charge on any atom is -0.634 e. The molecule has 2 heteroatoms. The third-order valence-corrected chi connectivity index (χ3v) is 6.54. The van der Waals surface area contributed by atoms with E-state index in [1.54, 1.807) is 0 Å². The molecule has 0 radical (unpaired) electrons. The largest absolute Gasteiger partial charge is 0.634 e. The van der Waals surface area contributed by atoms with Gasteiger partial charge in [-0.1, -0.05) is 124 Å². The molecule has 0 amide bonds. The van der Waals surface area contributed by atoms with Gasteiger partial charge in [0, 0.05) is 0 Å². The summed E-state index contributed by atoms with van der Waals surface area (Å²) in [7, 11) is 0. The molecular weight excluding hydrogens is 354 g/mol. The highest BCUT2D eigenvalue weighted by atomic mass is 16.5. The smallest absolute Gasteiger partial charge is 0.0871 e. The molecule has 0 aromatic heterocycles. The van der Waals surface area contributed by atoms with Crippen LogP contribution in [-0.2, 0) is 0 Å². The Balaban J connectivity index is 3.98. The van der Waals surface area contributed by atoms with Crippen molar-refractivity contribution in [2.24, 2.45) is 0 Å². The molecule has 0 fully saturated rings. The Labute approximate surface area is 185 Å². The highest BCUT2D eigenvalue weighted by molar-refractivity contribution is 4.60. The third kappa shape index (κ3) is 21.0. The van der Waals surface area contributed by atoms with Gasteiger partial charge in [-0.3, -0.25) is 0 Å². The van der Waals surface area contributed by atoms with Crippen molar-refractivity contribution < 1.29 is 5.06 Å². The van der Waals surface area contributed by atoms with Crippen molar-refractivity contribution in [2.75, 3.05) is 6.54 Å². The summed E-state index contributed by atoms with van der Waals surface area (Å²) in [5.41, 5.74) is 0. The first-order chi connectivity index (χ1) is 14.3. The van der Waals surface area contributed by atoms with Gasteiger partial charge in [-0.05, 0) is 38.5 Å². The Morgan fingerprint density at radius 2 is 0.759 bits per heavy atom. The second-order valence-corrected chi connectivity index (χ2v) is 9.50. The summed E-state index contributed by atoms with van der Waals surface area (Å²) in [4.78, 5) is 0. The first-order valence-electron chi connectivity index (χ1n) is 13.8. The molecule has 0 aliphatic carbocycles. The standard InChI is InChI=1S/C27H57NO/c1-4-7-10-13-16-17-20-23-26-28(29)27(24-21-18-14-11-8-5-2)25-22-19-15-12-9-6-3/h27-28H,4-26H2,1-3H3. The number of unbranched alkanes of at least 4 members (excludes halogenated alkanes) is 17. The number of nitrogens with one attached hydrogen (secondary N) is 1. The summed E-state index contributed by atoms with van der Waals surface area (Å²) in [5.74, 6) is 0. The van der Waals surface area contributed by atoms with E-state index in [0.717, 1.165) is 25.8 Å². The molecule has 0 aliphatic heterocycles. The predicted octanol–water partition coefficient (Wildman–Crippen LogP) is 8.38. The van der Waals surface area contributed by atoms with Crippen LogP contribution in [0.25, 0.3) is 0 Å². The second-order valence-electron chi connectivity index (χ2n) is 9.50. The molecule has 0 aromatic rings. The Hall–Kier alpha value is -0.0800. The van der Waals surface area contributed by atoms with E-state index in [9.17, 15) is 5.21 Å². The fourth-order valence-electron chi connectivity index (χ4n) is 4.45. The lowest BCUT2D eigenvalue weighted by Gasteiger charge is -2.32. The van der Waals surface area contributed by atoms with Crippen molar-refractivity contribution in [3.8, 4) is 0 Å². The predicted molar refractivity (Wildman–Crippen MR) is 132 cm³/mol. The summed E-state index contributed by atoms with van der Waals surface area (Å²) in [6, 6.07) is 0.372. The van der Waals surface area contributed by atoms with E-state index >= 15 is 0 Å². The van der Waals surface area contributed by atoms with Crippen LogP contribution in [0.15, 0.2) is 0 Å². The highest BCUT2D eigenvalue weighted by Gasteiger charge is 2.15. The summed E-state index contributed by atoms with van der Waals surface area (Å²) >= 11 is 0. The summed E-state index contributed by atoms with van der Waals surface area (Å²) in [5, 5.41) is 13.4. The summed E-state index contributed by atoms with van der Waals surface area (Å²) in [6.07, 6.45) is 29.0. The van der Waals surface area contributed by atoms with Crippen LogP contribution in [0.3, 0.4) is 0 Å². The molecule has 0 heterocycles. The molecule has 0 saturated carbocycles. The van der Waals surface area contributed by atoms with Gasteiger partial charge < -0.3 is 10.3 Å². The average molecular weight is 412 g/mol. The quantitative estimate of drug-likeness (QED) is 0.125. The van der Waals surface area contributed by atoms with Crippen LogP contribution in [0.4, 0.5) is 0 Å². The van der Waals surface area contributed by atoms with Gasteiger partial charge in [0.25, 0.3) is 0 Å². The Morgan fingerprint density at radius 3 is 1.14 bits per heavy atom.